The maximum absolute atomic E-state index is 12.3. The van der Waals surface area contributed by atoms with Crippen LogP contribution >= 0.6 is 11.6 Å². The standard InChI is InChI=1S/C18H20BClN2O3/c1-17(2)18(3,4)25-19(24-17)13-9-10-21-15(11-13)22-16(23)12-5-7-14(20)8-6-12/h5-11H,1-4H3,(H,21,22,23). The van der Waals surface area contributed by atoms with Crippen LogP contribution in [0.1, 0.15) is 38.1 Å². The molecule has 0 bridgehead atoms. The number of benzene rings is 1. The van der Waals surface area contributed by atoms with Crippen molar-refractivity contribution in [1.82, 2.24) is 4.98 Å². The van der Waals surface area contributed by atoms with E-state index in [-0.39, 0.29) is 5.91 Å². The van der Waals surface area contributed by atoms with Crippen molar-refractivity contribution in [3.8, 4) is 0 Å². The zero-order valence-corrected chi connectivity index (χ0v) is 15.4. The second-order valence-electron chi connectivity index (χ2n) is 7.02. The van der Waals surface area contributed by atoms with Crippen LogP contribution in [0, 0.1) is 0 Å². The van der Waals surface area contributed by atoms with Crippen molar-refractivity contribution in [2.24, 2.45) is 0 Å². The molecule has 1 aromatic heterocycles. The van der Waals surface area contributed by atoms with Gasteiger partial charge in [0.1, 0.15) is 5.82 Å². The van der Waals surface area contributed by atoms with E-state index in [0.717, 1.165) is 5.46 Å². The van der Waals surface area contributed by atoms with Gasteiger partial charge >= 0.3 is 7.12 Å². The minimum atomic E-state index is -0.501. The first-order valence-corrected chi connectivity index (χ1v) is 8.44. The summed E-state index contributed by atoms with van der Waals surface area (Å²) in [5.41, 5.74) is 0.466. The molecule has 1 aromatic carbocycles. The molecule has 0 unspecified atom stereocenters. The lowest BCUT2D eigenvalue weighted by molar-refractivity contribution is 0.00578. The number of anilines is 1. The normalized spacial score (nSPS) is 18.2. The fourth-order valence-corrected chi connectivity index (χ4v) is 2.56. The van der Waals surface area contributed by atoms with Crippen molar-refractivity contribution in [2.45, 2.75) is 38.9 Å². The van der Waals surface area contributed by atoms with Crippen LogP contribution in [0.2, 0.25) is 5.02 Å². The zero-order chi connectivity index (χ0) is 18.2. The molecule has 2 aromatic rings. The molecule has 2 heterocycles. The van der Waals surface area contributed by atoms with Crippen LogP contribution in [0.5, 0.6) is 0 Å². The molecular weight excluding hydrogens is 338 g/mol. The van der Waals surface area contributed by atoms with Crippen molar-refractivity contribution >= 4 is 35.9 Å². The number of amides is 1. The Labute approximate surface area is 152 Å². The molecule has 5 nitrogen and oxygen atoms in total. The van der Waals surface area contributed by atoms with Crippen LogP contribution < -0.4 is 10.8 Å². The van der Waals surface area contributed by atoms with Crippen LogP contribution in [-0.2, 0) is 9.31 Å². The predicted molar refractivity (Wildman–Crippen MR) is 99.4 cm³/mol. The monoisotopic (exact) mass is 358 g/mol. The molecule has 1 fully saturated rings. The molecule has 1 aliphatic heterocycles. The second kappa shape index (κ2) is 6.44. The van der Waals surface area contributed by atoms with Crippen LogP contribution in [0.4, 0.5) is 5.82 Å². The highest BCUT2D eigenvalue weighted by atomic mass is 35.5. The van der Waals surface area contributed by atoms with Crippen molar-refractivity contribution in [1.29, 1.82) is 0 Å². The summed E-state index contributed by atoms with van der Waals surface area (Å²) in [6.45, 7) is 7.99. The number of halogens is 1. The van der Waals surface area contributed by atoms with Gasteiger partial charge in [0.05, 0.1) is 11.2 Å². The minimum absolute atomic E-state index is 0.254. The maximum Gasteiger partial charge on any atom is 0.495 e. The number of nitrogens with one attached hydrogen (secondary N) is 1. The Morgan fingerprint density at radius 1 is 1.08 bits per heavy atom. The van der Waals surface area contributed by atoms with E-state index in [4.69, 9.17) is 20.9 Å². The Bertz CT molecular complexity index is 777. The summed E-state index contributed by atoms with van der Waals surface area (Å²) in [4.78, 5) is 16.5. The fourth-order valence-electron chi connectivity index (χ4n) is 2.43. The first kappa shape index (κ1) is 17.9. The van der Waals surface area contributed by atoms with Gasteiger partial charge in [-0.25, -0.2) is 4.98 Å². The Balaban J connectivity index is 1.76. The molecule has 0 spiro atoms. The lowest BCUT2D eigenvalue weighted by Crippen LogP contribution is -2.41. The second-order valence-corrected chi connectivity index (χ2v) is 7.46. The van der Waals surface area contributed by atoms with Gasteiger partial charge in [-0.3, -0.25) is 4.79 Å². The van der Waals surface area contributed by atoms with E-state index >= 15 is 0 Å². The topological polar surface area (TPSA) is 60.5 Å². The maximum atomic E-state index is 12.3. The minimum Gasteiger partial charge on any atom is -0.399 e. The van der Waals surface area contributed by atoms with Crippen molar-refractivity contribution in [3.05, 3.63) is 53.2 Å². The highest BCUT2D eigenvalue weighted by Gasteiger charge is 2.51. The van der Waals surface area contributed by atoms with E-state index in [9.17, 15) is 4.79 Å². The Morgan fingerprint density at radius 3 is 2.28 bits per heavy atom. The number of carbonyl (C=O) groups excluding carboxylic acids is 1. The molecule has 7 heteroatoms. The Hall–Kier alpha value is -1.89. The van der Waals surface area contributed by atoms with E-state index in [0.29, 0.717) is 16.4 Å². The first-order chi connectivity index (χ1) is 11.7. The summed E-state index contributed by atoms with van der Waals surface area (Å²) < 4.78 is 12.1. The highest BCUT2D eigenvalue weighted by Crippen LogP contribution is 2.36. The molecule has 0 atom stereocenters. The molecule has 1 N–H and O–H groups in total. The fraction of sp³-hybridized carbons (Fsp3) is 0.333. The lowest BCUT2D eigenvalue weighted by atomic mass is 9.80. The average Bonchev–Trinajstić information content (AvgIpc) is 2.76. The van der Waals surface area contributed by atoms with Crippen LogP contribution in [-0.4, -0.2) is 29.2 Å². The molecule has 0 radical (unpaired) electrons. The number of hydrogen-bond acceptors (Lipinski definition) is 4. The van der Waals surface area contributed by atoms with Crippen molar-refractivity contribution < 1.29 is 14.1 Å². The molecule has 1 amide bonds. The number of nitrogens with zero attached hydrogens (tertiary/aromatic N) is 1. The summed E-state index contributed by atoms with van der Waals surface area (Å²) in [7, 11) is -0.501. The number of pyridine rings is 1. The van der Waals surface area contributed by atoms with Gasteiger partial charge in [-0.2, -0.15) is 0 Å². The number of hydrogen-bond donors (Lipinski definition) is 1. The summed E-state index contributed by atoms with van der Waals surface area (Å²) in [5, 5.41) is 3.36. The number of rotatable bonds is 3. The third-order valence-corrected chi connectivity index (χ3v) is 4.91. The third kappa shape index (κ3) is 3.71. The largest absolute Gasteiger partial charge is 0.495 e. The van der Waals surface area contributed by atoms with E-state index < -0.39 is 18.3 Å². The number of carbonyl (C=O) groups is 1. The van der Waals surface area contributed by atoms with Crippen LogP contribution in [0.15, 0.2) is 42.6 Å². The molecule has 1 saturated heterocycles. The van der Waals surface area contributed by atoms with Crippen molar-refractivity contribution in [2.75, 3.05) is 5.32 Å². The molecule has 0 saturated carbocycles. The van der Waals surface area contributed by atoms with E-state index in [1.54, 1.807) is 36.5 Å². The summed E-state index contributed by atoms with van der Waals surface area (Å²) in [6.07, 6.45) is 1.62. The molecular formula is C18H20BClN2O3. The molecule has 1 aliphatic rings. The molecule has 3 rings (SSSR count). The van der Waals surface area contributed by atoms with Crippen LogP contribution in [0.3, 0.4) is 0 Å². The van der Waals surface area contributed by atoms with Gasteiger partial charge in [0.2, 0.25) is 0 Å². The zero-order valence-electron chi connectivity index (χ0n) is 14.7. The van der Waals surface area contributed by atoms with Gasteiger partial charge in [0.25, 0.3) is 5.91 Å². The first-order valence-electron chi connectivity index (χ1n) is 8.06. The molecule has 130 valence electrons. The SMILES string of the molecule is CC1(C)OB(c2ccnc(NC(=O)c3ccc(Cl)cc3)c2)OC1(C)C. The smallest absolute Gasteiger partial charge is 0.399 e. The summed E-state index contributed by atoms with van der Waals surface area (Å²) >= 11 is 5.84. The summed E-state index contributed by atoms with van der Waals surface area (Å²) in [6, 6.07) is 10.2. The highest BCUT2D eigenvalue weighted by molar-refractivity contribution is 6.62. The summed E-state index contributed by atoms with van der Waals surface area (Å²) in [5.74, 6) is 0.183. The molecule has 0 aliphatic carbocycles. The number of aromatic nitrogens is 1. The third-order valence-electron chi connectivity index (χ3n) is 4.66. The Morgan fingerprint density at radius 2 is 1.68 bits per heavy atom. The van der Waals surface area contributed by atoms with Gasteiger partial charge in [-0.05, 0) is 69.6 Å². The Kier molecular flexibility index (Phi) is 4.62. The quantitative estimate of drug-likeness (QED) is 0.855. The molecule has 25 heavy (non-hydrogen) atoms. The average molecular weight is 359 g/mol. The van der Waals surface area contributed by atoms with E-state index in [2.05, 4.69) is 10.3 Å². The van der Waals surface area contributed by atoms with Gasteiger partial charge in [-0.1, -0.05) is 11.6 Å². The van der Waals surface area contributed by atoms with Crippen LogP contribution in [0.25, 0.3) is 0 Å². The van der Waals surface area contributed by atoms with Gasteiger partial charge in [-0.15, -0.1) is 0 Å². The lowest BCUT2D eigenvalue weighted by Gasteiger charge is -2.32. The van der Waals surface area contributed by atoms with Crippen molar-refractivity contribution in [3.63, 3.8) is 0 Å². The van der Waals surface area contributed by atoms with Gasteiger partial charge < -0.3 is 14.6 Å². The van der Waals surface area contributed by atoms with E-state index in [1.165, 1.54) is 0 Å². The van der Waals surface area contributed by atoms with Gasteiger partial charge in [0, 0.05) is 16.8 Å². The predicted octanol–water partition coefficient (Wildman–Crippen LogP) is 3.29. The van der Waals surface area contributed by atoms with E-state index in [1.807, 2.05) is 33.8 Å². The van der Waals surface area contributed by atoms with Gasteiger partial charge in [0.15, 0.2) is 0 Å².